The first-order chi connectivity index (χ1) is 5.77. The largest absolute Gasteiger partial charge is 0.333 e. The zero-order chi connectivity index (χ0) is 8.55. The van der Waals surface area contributed by atoms with Gasteiger partial charge in [-0.3, -0.25) is 5.10 Å². The van der Waals surface area contributed by atoms with Gasteiger partial charge in [0.25, 0.3) is 11.2 Å². The smallest absolute Gasteiger partial charge is 0.264 e. The standard InChI is InChI=1S/C6H5ClN4O/c1-3-4(2-8-10-3)5-9-6(7)11-12-5/h2H,1H3,(H,8,10). The Morgan fingerprint density at radius 1 is 1.58 bits per heavy atom. The number of aryl methyl sites for hydroxylation is 1. The lowest BCUT2D eigenvalue weighted by Gasteiger charge is -1.86. The van der Waals surface area contributed by atoms with Gasteiger partial charge in [-0.2, -0.15) is 10.1 Å². The molecule has 2 aromatic heterocycles. The number of rotatable bonds is 1. The fraction of sp³-hybridized carbons (Fsp3) is 0.167. The molecule has 0 aliphatic carbocycles. The molecule has 0 aromatic carbocycles. The quantitative estimate of drug-likeness (QED) is 0.728. The third-order valence-corrected chi connectivity index (χ3v) is 1.62. The van der Waals surface area contributed by atoms with Gasteiger partial charge < -0.3 is 4.52 Å². The highest BCUT2D eigenvalue weighted by atomic mass is 35.5. The maximum atomic E-state index is 5.48. The van der Waals surface area contributed by atoms with Crippen molar-refractivity contribution in [2.24, 2.45) is 0 Å². The highest BCUT2D eigenvalue weighted by molar-refractivity contribution is 6.28. The van der Waals surface area contributed by atoms with Crippen molar-refractivity contribution in [1.29, 1.82) is 0 Å². The van der Waals surface area contributed by atoms with Gasteiger partial charge in [-0.05, 0) is 23.7 Å². The Morgan fingerprint density at radius 2 is 2.42 bits per heavy atom. The average molecular weight is 185 g/mol. The van der Waals surface area contributed by atoms with Crippen LogP contribution < -0.4 is 0 Å². The second-order valence-corrected chi connectivity index (χ2v) is 2.62. The van der Waals surface area contributed by atoms with Crippen LogP contribution in [0.1, 0.15) is 5.69 Å². The molecular formula is C6H5ClN4O. The third kappa shape index (κ3) is 1.08. The number of hydrogen-bond donors (Lipinski definition) is 1. The lowest BCUT2D eigenvalue weighted by Crippen LogP contribution is -1.77. The van der Waals surface area contributed by atoms with E-state index in [2.05, 4.69) is 20.3 Å². The SMILES string of the molecule is Cc1[nH]ncc1-c1nc(Cl)no1. The van der Waals surface area contributed by atoms with Gasteiger partial charge in [0.05, 0.1) is 11.8 Å². The fourth-order valence-electron chi connectivity index (χ4n) is 0.881. The van der Waals surface area contributed by atoms with Crippen LogP contribution in [0.4, 0.5) is 0 Å². The van der Waals surface area contributed by atoms with Gasteiger partial charge in [-0.25, -0.2) is 0 Å². The van der Waals surface area contributed by atoms with Crippen molar-refractivity contribution in [1.82, 2.24) is 20.3 Å². The normalized spacial score (nSPS) is 10.5. The first-order valence-corrected chi connectivity index (χ1v) is 3.64. The lowest BCUT2D eigenvalue weighted by atomic mass is 10.3. The van der Waals surface area contributed by atoms with Gasteiger partial charge in [0.1, 0.15) is 0 Å². The van der Waals surface area contributed by atoms with E-state index in [1.54, 1.807) is 6.20 Å². The number of halogens is 1. The molecule has 6 heteroatoms. The van der Waals surface area contributed by atoms with E-state index in [0.717, 1.165) is 11.3 Å². The molecule has 0 fully saturated rings. The van der Waals surface area contributed by atoms with Crippen molar-refractivity contribution >= 4 is 11.6 Å². The predicted molar refractivity (Wildman–Crippen MR) is 41.6 cm³/mol. The van der Waals surface area contributed by atoms with Crippen LogP contribution in [0.5, 0.6) is 0 Å². The maximum Gasteiger partial charge on any atom is 0.264 e. The first-order valence-electron chi connectivity index (χ1n) is 3.27. The van der Waals surface area contributed by atoms with Crippen LogP contribution in [-0.2, 0) is 0 Å². The minimum Gasteiger partial charge on any atom is -0.333 e. The summed E-state index contributed by atoms with van der Waals surface area (Å²) < 4.78 is 4.84. The van der Waals surface area contributed by atoms with Crippen molar-refractivity contribution in [3.8, 4) is 11.5 Å². The first kappa shape index (κ1) is 7.30. The number of aromatic nitrogens is 4. The molecule has 62 valence electrons. The fourth-order valence-corrected chi connectivity index (χ4v) is 0.992. The molecular weight excluding hydrogens is 180 g/mol. The van der Waals surface area contributed by atoms with Crippen LogP contribution in [0, 0.1) is 6.92 Å². The molecule has 0 bridgehead atoms. The summed E-state index contributed by atoms with van der Waals surface area (Å²) in [6, 6.07) is 0. The van der Waals surface area contributed by atoms with Gasteiger partial charge >= 0.3 is 0 Å². The van der Waals surface area contributed by atoms with Gasteiger partial charge in [0.15, 0.2) is 0 Å². The second kappa shape index (κ2) is 2.60. The van der Waals surface area contributed by atoms with E-state index < -0.39 is 0 Å². The molecule has 2 rings (SSSR count). The molecule has 5 nitrogen and oxygen atoms in total. The number of aromatic amines is 1. The van der Waals surface area contributed by atoms with Gasteiger partial charge in [0, 0.05) is 5.69 Å². The summed E-state index contributed by atoms with van der Waals surface area (Å²) in [6.07, 6.45) is 1.61. The summed E-state index contributed by atoms with van der Waals surface area (Å²) in [7, 11) is 0. The van der Waals surface area contributed by atoms with E-state index in [1.807, 2.05) is 6.92 Å². The van der Waals surface area contributed by atoms with Crippen LogP contribution in [0.3, 0.4) is 0 Å². The summed E-state index contributed by atoms with van der Waals surface area (Å²) in [4.78, 5) is 3.84. The van der Waals surface area contributed by atoms with E-state index in [9.17, 15) is 0 Å². The maximum absolute atomic E-state index is 5.48. The van der Waals surface area contributed by atoms with E-state index in [-0.39, 0.29) is 5.28 Å². The zero-order valence-electron chi connectivity index (χ0n) is 6.21. The Hall–Kier alpha value is -1.36. The van der Waals surface area contributed by atoms with Gasteiger partial charge in [-0.15, -0.1) is 0 Å². The van der Waals surface area contributed by atoms with Crippen molar-refractivity contribution in [2.45, 2.75) is 6.92 Å². The van der Waals surface area contributed by atoms with Crippen molar-refractivity contribution in [3.63, 3.8) is 0 Å². The van der Waals surface area contributed by atoms with Crippen LogP contribution >= 0.6 is 11.6 Å². The van der Waals surface area contributed by atoms with Crippen molar-refractivity contribution in [3.05, 3.63) is 17.2 Å². The molecule has 0 aliphatic heterocycles. The molecule has 2 heterocycles. The lowest BCUT2D eigenvalue weighted by molar-refractivity contribution is 0.430. The summed E-state index contributed by atoms with van der Waals surface area (Å²) >= 11 is 5.48. The van der Waals surface area contributed by atoms with E-state index in [4.69, 9.17) is 16.1 Å². The Balaban J connectivity index is 2.50. The van der Waals surface area contributed by atoms with Crippen LogP contribution in [0.15, 0.2) is 10.7 Å². The third-order valence-electron chi connectivity index (χ3n) is 1.46. The zero-order valence-corrected chi connectivity index (χ0v) is 6.96. The summed E-state index contributed by atoms with van der Waals surface area (Å²) in [5.41, 5.74) is 1.64. The molecule has 0 unspecified atom stereocenters. The monoisotopic (exact) mass is 184 g/mol. The average Bonchev–Trinajstić information content (AvgIpc) is 2.58. The Kier molecular flexibility index (Phi) is 1.58. The van der Waals surface area contributed by atoms with E-state index in [1.165, 1.54) is 0 Å². The number of H-pyrrole nitrogens is 1. The van der Waals surface area contributed by atoms with Crippen molar-refractivity contribution < 1.29 is 4.52 Å². The number of hydrogen-bond acceptors (Lipinski definition) is 4. The topological polar surface area (TPSA) is 67.6 Å². The van der Waals surface area contributed by atoms with Gasteiger partial charge in [-0.1, -0.05) is 0 Å². The van der Waals surface area contributed by atoms with Crippen LogP contribution in [0.25, 0.3) is 11.5 Å². The Labute approximate surface area is 72.7 Å². The molecule has 0 saturated heterocycles. The molecule has 0 atom stereocenters. The molecule has 0 spiro atoms. The summed E-state index contributed by atoms with van der Waals surface area (Å²) in [6.45, 7) is 1.86. The van der Waals surface area contributed by atoms with E-state index >= 15 is 0 Å². The number of nitrogens with one attached hydrogen (secondary N) is 1. The summed E-state index contributed by atoms with van der Waals surface area (Å²) in [5, 5.41) is 10.1. The number of nitrogens with zero attached hydrogens (tertiary/aromatic N) is 3. The van der Waals surface area contributed by atoms with E-state index in [0.29, 0.717) is 5.89 Å². The Morgan fingerprint density at radius 3 is 2.92 bits per heavy atom. The molecule has 0 aliphatic rings. The van der Waals surface area contributed by atoms with Crippen LogP contribution in [-0.4, -0.2) is 20.3 Å². The predicted octanol–water partition coefficient (Wildman–Crippen LogP) is 1.42. The van der Waals surface area contributed by atoms with Gasteiger partial charge in [0.2, 0.25) is 0 Å². The van der Waals surface area contributed by atoms with Crippen LogP contribution in [0.2, 0.25) is 5.28 Å². The molecule has 12 heavy (non-hydrogen) atoms. The minimum absolute atomic E-state index is 0.102. The molecule has 0 saturated carbocycles. The molecule has 1 N–H and O–H groups in total. The molecule has 0 radical (unpaired) electrons. The second-order valence-electron chi connectivity index (χ2n) is 2.28. The van der Waals surface area contributed by atoms with Crippen molar-refractivity contribution in [2.75, 3.05) is 0 Å². The molecule has 0 amide bonds. The highest BCUT2D eigenvalue weighted by Crippen LogP contribution is 2.19. The molecule has 2 aromatic rings. The highest BCUT2D eigenvalue weighted by Gasteiger charge is 2.10. The Bertz CT molecular complexity index is 394. The minimum atomic E-state index is 0.102. The summed E-state index contributed by atoms with van der Waals surface area (Å²) in [5.74, 6) is 0.381.